The minimum Gasteiger partial charge on any atom is -0.436 e. The largest absolute Gasteiger partial charge is 0.436 e. The third-order valence-electron chi connectivity index (χ3n) is 3.19. The van der Waals surface area contributed by atoms with Crippen LogP contribution in [-0.4, -0.2) is 17.9 Å². The van der Waals surface area contributed by atoms with Crippen LogP contribution in [0.25, 0.3) is 0 Å². The number of hydrogen-bond donors (Lipinski definition) is 2. The third kappa shape index (κ3) is 3.05. The Hall–Kier alpha value is -2.14. The first-order valence-electron chi connectivity index (χ1n) is 6.54. The van der Waals surface area contributed by atoms with Crippen LogP contribution < -0.4 is 10.6 Å². The second kappa shape index (κ2) is 5.88. The quantitative estimate of drug-likeness (QED) is 0.899. The van der Waals surface area contributed by atoms with Crippen molar-refractivity contribution < 1.29 is 9.21 Å². The summed E-state index contributed by atoms with van der Waals surface area (Å²) in [4.78, 5) is 16.2. The predicted octanol–water partition coefficient (Wildman–Crippen LogP) is 2.82. The Morgan fingerprint density at radius 2 is 2.10 bits per heavy atom. The van der Waals surface area contributed by atoms with Crippen molar-refractivity contribution in [1.82, 2.24) is 10.3 Å². The Kier molecular flexibility index (Phi) is 4.20. The summed E-state index contributed by atoms with van der Waals surface area (Å²) in [5.41, 5.74) is 2.44. The molecule has 0 aliphatic heterocycles. The maximum Gasteiger partial charge on any atom is 0.293 e. The Labute approximate surface area is 118 Å². The van der Waals surface area contributed by atoms with Crippen LogP contribution in [0, 0.1) is 13.8 Å². The van der Waals surface area contributed by atoms with E-state index in [9.17, 15) is 4.79 Å². The standard InChI is InChI=1S/C15H19N3O2/c1-9(16-4)12-6-5-7-13(8-12)18-15(19)14-10(2)17-11(3)20-14/h5-9,16H,1-4H3,(H,18,19). The Bertz CT molecular complexity index is 619. The van der Waals surface area contributed by atoms with Crippen LogP contribution in [0.5, 0.6) is 0 Å². The number of carbonyl (C=O) groups is 1. The van der Waals surface area contributed by atoms with E-state index in [4.69, 9.17) is 4.42 Å². The molecular weight excluding hydrogens is 254 g/mol. The molecule has 0 fully saturated rings. The fraction of sp³-hybridized carbons (Fsp3) is 0.333. The second-order valence-electron chi connectivity index (χ2n) is 4.74. The molecule has 0 spiro atoms. The lowest BCUT2D eigenvalue weighted by molar-refractivity contribution is 0.0994. The molecule has 1 unspecified atom stereocenters. The van der Waals surface area contributed by atoms with Gasteiger partial charge in [-0.3, -0.25) is 4.79 Å². The lowest BCUT2D eigenvalue weighted by Gasteiger charge is -2.12. The number of nitrogens with zero attached hydrogens (tertiary/aromatic N) is 1. The summed E-state index contributed by atoms with van der Waals surface area (Å²) in [7, 11) is 1.90. The summed E-state index contributed by atoms with van der Waals surface area (Å²) >= 11 is 0. The van der Waals surface area contributed by atoms with Gasteiger partial charge in [-0.05, 0) is 38.6 Å². The van der Waals surface area contributed by atoms with Gasteiger partial charge in [-0.2, -0.15) is 0 Å². The first kappa shape index (κ1) is 14.3. The number of amides is 1. The van der Waals surface area contributed by atoms with E-state index in [1.807, 2.05) is 31.3 Å². The van der Waals surface area contributed by atoms with Crippen LogP contribution >= 0.6 is 0 Å². The average molecular weight is 273 g/mol. The minimum atomic E-state index is -0.280. The highest BCUT2D eigenvalue weighted by Crippen LogP contribution is 2.18. The molecule has 0 bridgehead atoms. The molecule has 2 aromatic rings. The highest BCUT2D eigenvalue weighted by Gasteiger charge is 2.16. The molecule has 0 saturated carbocycles. The molecule has 0 saturated heterocycles. The number of rotatable bonds is 4. The van der Waals surface area contributed by atoms with Crippen molar-refractivity contribution in [3.8, 4) is 0 Å². The van der Waals surface area contributed by atoms with Crippen molar-refractivity contribution in [3.63, 3.8) is 0 Å². The molecule has 20 heavy (non-hydrogen) atoms. The molecule has 0 aliphatic rings. The SMILES string of the molecule is CNC(C)c1cccc(NC(=O)c2oc(C)nc2C)c1. The number of anilines is 1. The number of nitrogens with one attached hydrogen (secondary N) is 2. The van der Waals surface area contributed by atoms with Gasteiger partial charge in [0, 0.05) is 18.7 Å². The summed E-state index contributed by atoms with van der Waals surface area (Å²) in [5, 5.41) is 6.00. The highest BCUT2D eigenvalue weighted by molar-refractivity contribution is 6.02. The topological polar surface area (TPSA) is 67.2 Å². The summed E-state index contributed by atoms with van der Waals surface area (Å²) in [6.07, 6.45) is 0. The zero-order valence-electron chi connectivity index (χ0n) is 12.2. The Morgan fingerprint density at radius 1 is 1.35 bits per heavy atom. The van der Waals surface area contributed by atoms with E-state index in [1.165, 1.54) is 0 Å². The first-order valence-corrected chi connectivity index (χ1v) is 6.54. The number of benzene rings is 1. The molecule has 1 aromatic heterocycles. The van der Waals surface area contributed by atoms with E-state index in [1.54, 1.807) is 13.8 Å². The van der Waals surface area contributed by atoms with Crippen molar-refractivity contribution in [2.75, 3.05) is 12.4 Å². The van der Waals surface area contributed by atoms with Gasteiger partial charge in [-0.25, -0.2) is 4.98 Å². The van der Waals surface area contributed by atoms with Crippen LogP contribution in [0.15, 0.2) is 28.7 Å². The van der Waals surface area contributed by atoms with Crippen LogP contribution in [0.1, 0.15) is 40.7 Å². The van der Waals surface area contributed by atoms with Gasteiger partial charge in [0.15, 0.2) is 5.89 Å². The van der Waals surface area contributed by atoms with Gasteiger partial charge in [0.2, 0.25) is 5.76 Å². The fourth-order valence-electron chi connectivity index (χ4n) is 1.98. The van der Waals surface area contributed by atoms with Gasteiger partial charge >= 0.3 is 0 Å². The van der Waals surface area contributed by atoms with Gasteiger partial charge in [0.05, 0.1) is 5.69 Å². The first-order chi connectivity index (χ1) is 9.51. The van der Waals surface area contributed by atoms with Crippen molar-refractivity contribution in [3.05, 3.63) is 47.2 Å². The summed E-state index contributed by atoms with van der Waals surface area (Å²) in [6.45, 7) is 5.54. The molecule has 2 rings (SSSR count). The average Bonchev–Trinajstić information content (AvgIpc) is 2.77. The van der Waals surface area contributed by atoms with Crippen molar-refractivity contribution in [1.29, 1.82) is 0 Å². The zero-order valence-corrected chi connectivity index (χ0v) is 12.2. The maximum absolute atomic E-state index is 12.1. The number of carbonyl (C=O) groups excluding carboxylic acids is 1. The summed E-state index contributed by atoms with van der Waals surface area (Å²) in [6, 6.07) is 7.94. The van der Waals surface area contributed by atoms with Gasteiger partial charge < -0.3 is 15.1 Å². The number of aromatic nitrogens is 1. The van der Waals surface area contributed by atoms with E-state index in [0.29, 0.717) is 11.6 Å². The van der Waals surface area contributed by atoms with Crippen molar-refractivity contribution in [2.45, 2.75) is 26.8 Å². The Balaban J connectivity index is 2.18. The van der Waals surface area contributed by atoms with E-state index in [-0.39, 0.29) is 17.7 Å². The molecule has 1 amide bonds. The maximum atomic E-state index is 12.1. The van der Waals surface area contributed by atoms with E-state index < -0.39 is 0 Å². The second-order valence-corrected chi connectivity index (χ2v) is 4.74. The predicted molar refractivity (Wildman–Crippen MR) is 77.8 cm³/mol. The number of oxazole rings is 1. The lowest BCUT2D eigenvalue weighted by Crippen LogP contribution is -2.14. The van der Waals surface area contributed by atoms with Gasteiger partial charge in [0.1, 0.15) is 0 Å². The Morgan fingerprint density at radius 3 is 2.70 bits per heavy atom. The summed E-state index contributed by atoms with van der Waals surface area (Å²) < 4.78 is 5.31. The normalized spacial score (nSPS) is 12.2. The summed E-state index contributed by atoms with van der Waals surface area (Å²) in [5.74, 6) is 0.470. The van der Waals surface area contributed by atoms with Crippen LogP contribution in [0.4, 0.5) is 5.69 Å². The van der Waals surface area contributed by atoms with Gasteiger partial charge in [0.25, 0.3) is 5.91 Å². The monoisotopic (exact) mass is 273 g/mol. The molecular formula is C15H19N3O2. The lowest BCUT2D eigenvalue weighted by atomic mass is 10.1. The zero-order chi connectivity index (χ0) is 14.7. The van der Waals surface area contributed by atoms with Crippen LogP contribution in [0.3, 0.4) is 0 Å². The van der Waals surface area contributed by atoms with Crippen molar-refractivity contribution >= 4 is 11.6 Å². The third-order valence-corrected chi connectivity index (χ3v) is 3.19. The molecule has 1 aromatic carbocycles. The number of aryl methyl sites for hydroxylation is 2. The molecule has 0 radical (unpaired) electrons. The molecule has 106 valence electrons. The molecule has 0 aliphatic carbocycles. The molecule has 5 nitrogen and oxygen atoms in total. The minimum absolute atomic E-state index is 0.223. The van der Waals surface area contributed by atoms with E-state index in [2.05, 4.69) is 22.5 Å². The molecule has 5 heteroatoms. The van der Waals surface area contributed by atoms with Crippen LogP contribution in [-0.2, 0) is 0 Å². The smallest absolute Gasteiger partial charge is 0.293 e. The highest BCUT2D eigenvalue weighted by atomic mass is 16.4. The molecule has 1 atom stereocenters. The van der Waals surface area contributed by atoms with E-state index in [0.717, 1.165) is 11.3 Å². The van der Waals surface area contributed by atoms with Crippen molar-refractivity contribution in [2.24, 2.45) is 0 Å². The molecule has 2 N–H and O–H groups in total. The van der Waals surface area contributed by atoms with E-state index >= 15 is 0 Å². The van der Waals surface area contributed by atoms with Gasteiger partial charge in [-0.1, -0.05) is 12.1 Å². The number of hydrogen-bond acceptors (Lipinski definition) is 4. The fourth-order valence-corrected chi connectivity index (χ4v) is 1.98. The molecule has 1 heterocycles. The van der Waals surface area contributed by atoms with Gasteiger partial charge in [-0.15, -0.1) is 0 Å². The van der Waals surface area contributed by atoms with Crippen LogP contribution in [0.2, 0.25) is 0 Å².